The molecule has 2 aliphatic heterocycles. The van der Waals surface area contributed by atoms with Crippen molar-refractivity contribution < 1.29 is 4.79 Å². The van der Waals surface area contributed by atoms with Gasteiger partial charge in [-0.3, -0.25) is 9.69 Å². The maximum Gasteiger partial charge on any atom is 0.223 e. The average Bonchev–Trinajstić information content (AvgIpc) is 3.15. The lowest BCUT2D eigenvalue weighted by atomic mass is 9.97. The first-order chi connectivity index (χ1) is 10.7. The molecule has 3 rings (SSSR count). The summed E-state index contributed by atoms with van der Waals surface area (Å²) in [5.74, 6) is 1.08. The number of carbonyl (C=O) groups is 1. The Morgan fingerprint density at radius 2 is 2.27 bits per heavy atom. The first-order valence-electron chi connectivity index (χ1n) is 8.33. The first-order valence-corrected chi connectivity index (χ1v) is 9.14. The largest absolute Gasteiger partial charge is 0.356 e. The zero-order valence-electron chi connectivity index (χ0n) is 13.3. The molecule has 2 aliphatic rings. The van der Waals surface area contributed by atoms with Crippen molar-refractivity contribution in [1.29, 1.82) is 0 Å². The van der Waals surface area contributed by atoms with E-state index < -0.39 is 0 Å². The first kappa shape index (κ1) is 15.9. The fraction of sp³-hybridized carbons (Fsp3) is 0.750. The van der Waals surface area contributed by atoms with Gasteiger partial charge in [0.2, 0.25) is 5.91 Å². The van der Waals surface area contributed by atoms with Crippen LogP contribution in [0.4, 0.5) is 0 Å². The molecule has 6 heteroatoms. The Hall–Kier alpha value is -0.980. The van der Waals surface area contributed by atoms with Gasteiger partial charge >= 0.3 is 0 Å². The van der Waals surface area contributed by atoms with E-state index in [0.717, 1.165) is 57.1 Å². The molecule has 1 amide bonds. The van der Waals surface area contributed by atoms with Gasteiger partial charge in [0, 0.05) is 36.6 Å². The summed E-state index contributed by atoms with van der Waals surface area (Å²) in [6, 6.07) is 0. The molecule has 122 valence electrons. The van der Waals surface area contributed by atoms with Crippen LogP contribution in [0.5, 0.6) is 0 Å². The summed E-state index contributed by atoms with van der Waals surface area (Å²) in [4.78, 5) is 20.3. The van der Waals surface area contributed by atoms with Crippen LogP contribution >= 0.6 is 11.3 Å². The predicted molar refractivity (Wildman–Crippen MR) is 88.8 cm³/mol. The van der Waals surface area contributed by atoms with Crippen LogP contribution in [0.1, 0.15) is 29.1 Å². The predicted octanol–water partition coefficient (Wildman–Crippen LogP) is 1.39. The topological polar surface area (TPSA) is 57.3 Å². The minimum absolute atomic E-state index is 0.221. The molecule has 22 heavy (non-hydrogen) atoms. The van der Waals surface area contributed by atoms with Crippen LogP contribution in [-0.4, -0.2) is 48.5 Å². The second kappa shape index (κ2) is 7.53. The summed E-state index contributed by atoms with van der Waals surface area (Å²) in [5, 5.41) is 7.63. The van der Waals surface area contributed by atoms with Crippen molar-refractivity contribution in [3.05, 3.63) is 16.1 Å². The van der Waals surface area contributed by atoms with Gasteiger partial charge < -0.3 is 10.6 Å². The monoisotopic (exact) mass is 322 g/mol. The summed E-state index contributed by atoms with van der Waals surface area (Å²) in [5.41, 5.74) is 0. The molecule has 0 spiro atoms. The summed E-state index contributed by atoms with van der Waals surface area (Å²) in [7, 11) is 0. The number of amides is 1. The van der Waals surface area contributed by atoms with E-state index in [1.54, 1.807) is 11.3 Å². The van der Waals surface area contributed by atoms with Crippen LogP contribution in [-0.2, 0) is 11.3 Å². The van der Waals surface area contributed by atoms with Crippen molar-refractivity contribution >= 4 is 17.2 Å². The Kier molecular flexibility index (Phi) is 5.44. The lowest BCUT2D eigenvalue weighted by Crippen LogP contribution is -2.40. The van der Waals surface area contributed by atoms with Crippen molar-refractivity contribution in [2.24, 2.45) is 11.8 Å². The summed E-state index contributed by atoms with van der Waals surface area (Å²) in [6.07, 6.45) is 5.14. The van der Waals surface area contributed by atoms with Gasteiger partial charge in [0.1, 0.15) is 0 Å². The highest BCUT2D eigenvalue weighted by molar-refractivity contribution is 7.11. The zero-order chi connectivity index (χ0) is 15.4. The lowest BCUT2D eigenvalue weighted by Gasteiger charge is -2.22. The summed E-state index contributed by atoms with van der Waals surface area (Å²) in [6.45, 7) is 8.06. The maximum absolute atomic E-state index is 12.2. The van der Waals surface area contributed by atoms with Crippen LogP contribution in [0.15, 0.2) is 6.20 Å². The Labute approximate surface area is 136 Å². The number of aromatic nitrogens is 1. The van der Waals surface area contributed by atoms with Crippen molar-refractivity contribution in [1.82, 2.24) is 20.5 Å². The molecular formula is C16H26N4OS. The number of rotatable bonds is 5. The molecule has 1 unspecified atom stereocenters. The Bertz CT molecular complexity index is 498. The van der Waals surface area contributed by atoms with Crippen LogP contribution in [0.2, 0.25) is 0 Å². The highest BCUT2D eigenvalue weighted by Crippen LogP contribution is 2.21. The molecule has 2 saturated heterocycles. The van der Waals surface area contributed by atoms with E-state index in [-0.39, 0.29) is 11.8 Å². The van der Waals surface area contributed by atoms with Crippen molar-refractivity contribution in [3.8, 4) is 0 Å². The van der Waals surface area contributed by atoms with Gasteiger partial charge in [0.05, 0.1) is 5.01 Å². The van der Waals surface area contributed by atoms with Crippen LogP contribution < -0.4 is 10.6 Å². The Morgan fingerprint density at radius 3 is 3.00 bits per heavy atom. The smallest absolute Gasteiger partial charge is 0.223 e. The normalized spacial score (nSPS) is 23.8. The van der Waals surface area contributed by atoms with Crippen LogP contribution in [0.25, 0.3) is 0 Å². The number of nitrogens with zero attached hydrogens (tertiary/aromatic N) is 2. The molecule has 5 nitrogen and oxygen atoms in total. The van der Waals surface area contributed by atoms with Gasteiger partial charge in [-0.2, -0.15) is 0 Å². The van der Waals surface area contributed by atoms with Crippen molar-refractivity contribution in [2.75, 3.05) is 32.7 Å². The second-order valence-electron chi connectivity index (χ2n) is 6.50. The van der Waals surface area contributed by atoms with E-state index in [0.29, 0.717) is 5.92 Å². The molecular weight excluding hydrogens is 296 g/mol. The van der Waals surface area contributed by atoms with E-state index in [2.05, 4.69) is 27.4 Å². The number of aryl methyl sites for hydroxylation is 1. The molecule has 2 fully saturated rings. The van der Waals surface area contributed by atoms with Gasteiger partial charge in [-0.1, -0.05) is 0 Å². The second-order valence-corrected chi connectivity index (χ2v) is 7.82. The van der Waals surface area contributed by atoms with Gasteiger partial charge in [0.15, 0.2) is 0 Å². The minimum atomic E-state index is 0.221. The lowest BCUT2D eigenvalue weighted by molar-refractivity contribution is -0.125. The quantitative estimate of drug-likeness (QED) is 0.860. The molecule has 0 bridgehead atoms. The number of likely N-dealkylation sites (tertiary alicyclic amines) is 1. The Balaban J connectivity index is 1.38. The van der Waals surface area contributed by atoms with Crippen molar-refractivity contribution in [3.63, 3.8) is 0 Å². The summed E-state index contributed by atoms with van der Waals surface area (Å²) < 4.78 is 0. The fourth-order valence-electron chi connectivity index (χ4n) is 3.40. The standard InChI is InChI=1S/C16H26N4OS/c1-12-18-9-15(22-12)11-20-7-4-13(10-20)8-19-16(21)14-2-5-17-6-3-14/h9,13-14,17H,2-8,10-11H2,1H3,(H,19,21). The van der Waals surface area contributed by atoms with E-state index >= 15 is 0 Å². The molecule has 2 N–H and O–H groups in total. The molecule has 0 aromatic carbocycles. The molecule has 1 aromatic rings. The maximum atomic E-state index is 12.2. The van der Waals surface area contributed by atoms with Crippen LogP contribution in [0.3, 0.4) is 0 Å². The van der Waals surface area contributed by atoms with Gasteiger partial charge in [-0.15, -0.1) is 11.3 Å². The third kappa shape index (κ3) is 4.27. The highest BCUT2D eigenvalue weighted by Gasteiger charge is 2.25. The van der Waals surface area contributed by atoms with Gasteiger partial charge in [-0.25, -0.2) is 4.98 Å². The zero-order valence-corrected chi connectivity index (χ0v) is 14.1. The van der Waals surface area contributed by atoms with E-state index in [9.17, 15) is 4.79 Å². The number of piperidine rings is 1. The van der Waals surface area contributed by atoms with E-state index in [1.165, 1.54) is 11.3 Å². The molecule has 3 heterocycles. The van der Waals surface area contributed by atoms with E-state index in [1.807, 2.05) is 6.20 Å². The number of hydrogen-bond donors (Lipinski definition) is 2. The molecule has 0 aliphatic carbocycles. The molecule has 1 atom stereocenters. The van der Waals surface area contributed by atoms with Gasteiger partial charge in [-0.05, 0) is 51.7 Å². The van der Waals surface area contributed by atoms with E-state index in [4.69, 9.17) is 0 Å². The van der Waals surface area contributed by atoms with Gasteiger partial charge in [0.25, 0.3) is 0 Å². The molecule has 1 aromatic heterocycles. The SMILES string of the molecule is Cc1ncc(CN2CCC(CNC(=O)C3CCNCC3)C2)s1. The number of nitrogens with one attached hydrogen (secondary N) is 2. The third-order valence-electron chi connectivity index (χ3n) is 4.69. The number of hydrogen-bond acceptors (Lipinski definition) is 5. The highest BCUT2D eigenvalue weighted by atomic mass is 32.1. The minimum Gasteiger partial charge on any atom is -0.356 e. The average molecular weight is 322 g/mol. The number of thiazole rings is 1. The van der Waals surface area contributed by atoms with Crippen LogP contribution in [0, 0.1) is 18.8 Å². The molecule has 0 radical (unpaired) electrons. The fourth-order valence-corrected chi connectivity index (χ4v) is 4.23. The van der Waals surface area contributed by atoms with Crippen molar-refractivity contribution in [2.45, 2.75) is 32.7 Å². The third-order valence-corrected chi connectivity index (χ3v) is 5.59. The number of carbonyl (C=O) groups excluding carboxylic acids is 1. The molecule has 0 saturated carbocycles. The Morgan fingerprint density at radius 1 is 1.45 bits per heavy atom. The summed E-state index contributed by atoms with van der Waals surface area (Å²) >= 11 is 1.78.